The second kappa shape index (κ2) is 7.84. The van der Waals surface area contributed by atoms with Gasteiger partial charge in [-0.2, -0.15) is 0 Å². The van der Waals surface area contributed by atoms with Gasteiger partial charge < -0.3 is 5.32 Å². The molecule has 0 saturated carbocycles. The Morgan fingerprint density at radius 1 is 1.04 bits per heavy atom. The highest BCUT2D eigenvalue weighted by atomic mass is 19.1. The third kappa shape index (κ3) is 4.31. The highest BCUT2D eigenvalue weighted by Crippen LogP contribution is 2.21. The lowest BCUT2D eigenvalue weighted by molar-refractivity contribution is 0.243. The van der Waals surface area contributed by atoms with E-state index in [0.717, 1.165) is 43.9 Å². The van der Waals surface area contributed by atoms with Crippen LogP contribution in [0, 0.1) is 5.82 Å². The van der Waals surface area contributed by atoms with Crippen molar-refractivity contribution in [3.8, 4) is 0 Å². The molecule has 1 N–H and O–H groups in total. The Balaban J connectivity index is 1.41. The topological polar surface area (TPSA) is 41.1 Å². The maximum Gasteiger partial charge on any atom is 0.227 e. The van der Waals surface area contributed by atoms with Gasteiger partial charge in [0.1, 0.15) is 5.82 Å². The number of halogens is 1. The van der Waals surface area contributed by atoms with Crippen molar-refractivity contribution >= 4 is 11.6 Å². The molecule has 0 atom stereocenters. The van der Waals surface area contributed by atoms with Gasteiger partial charge in [0, 0.05) is 43.5 Å². The van der Waals surface area contributed by atoms with Crippen molar-refractivity contribution in [3.05, 3.63) is 82.9 Å². The van der Waals surface area contributed by atoms with Crippen LogP contribution in [0.3, 0.4) is 0 Å². The Bertz CT molecular complexity index is 907. The number of aryl methyl sites for hydroxylation is 1. The average Bonchev–Trinajstić information content (AvgIpc) is 2.70. The van der Waals surface area contributed by atoms with Gasteiger partial charge in [0.05, 0.1) is 5.69 Å². The van der Waals surface area contributed by atoms with E-state index in [1.54, 1.807) is 12.1 Å². The molecule has 0 amide bonds. The minimum atomic E-state index is -0.253. The molecule has 4 nitrogen and oxygen atoms in total. The van der Waals surface area contributed by atoms with Crippen LogP contribution in [0.15, 0.2) is 54.7 Å². The lowest BCUT2D eigenvalue weighted by Gasteiger charge is -2.28. The van der Waals surface area contributed by atoms with Crippen LogP contribution < -0.4 is 5.32 Å². The molecule has 3 aromatic rings. The second-order valence-corrected chi connectivity index (χ2v) is 6.93. The van der Waals surface area contributed by atoms with Crippen molar-refractivity contribution in [1.82, 2.24) is 14.9 Å². The summed E-state index contributed by atoms with van der Waals surface area (Å²) in [4.78, 5) is 11.5. The summed E-state index contributed by atoms with van der Waals surface area (Å²) in [6.45, 7) is 4.96. The first-order valence-electron chi connectivity index (χ1n) is 9.37. The largest absolute Gasteiger partial charge is 0.324 e. The molecule has 0 aliphatic carbocycles. The molecule has 5 heteroatoms. The van der Waals surface area contributed by atoms with E-state index in [2.05, 4.69) is 51.4 Å². The average molecular weight is 362 g/mol. The summed E-state index contributed by atoms with van der Waals surface area (Å²) in [6, 6.07) is 15.1. The summed E-state index contributed by atoms with van der Waals surface area (Å²) < 4.78 is 13.0. The van der Waals surface area contributed by atoms with E-state index in [-0.39, 0.29) is 5.82 Å². The van der Waals surface area contributed by atoms with Crippen LogP contribution in [-0.2, 0) is 25.9 Å². The Labute approximate surface area is 159 Å². The smallest absolute Gasteiger partial charge is 0.227 e. The maximum absolute atomic E-state index is 13.0. The summed E-state index contributed by atoms with van der Waals surface area (Å²) in [5.74, 6) is 0.306. The van der Waals surface area contributed by atoms with E-state index in [1.807, 2.05) is 6.20 Å². The lowest BCUT2D eigenvalue weighted by Crippen LogP contribution is -2.31. The Hall–Kier alpha value is -2.79. The van der Waals surface area contributed by atoms with Gasteiger partial charge in [-0.15, -0.1) is 0 Å². The van der Waals surface area contributed by atoms with Gasteiger partial charge in [-0.1, -0.05) is 31.2 Å². The number of nitrogens with zero attached hydrogens (tertiary/aromatic N) is 3. The Kier molecular flexibility index (Phi) is 5.12. The zero-order valence-electron chi connectivity index (χ0n) is 15.5. The molecule has 4 rings (SSSR count). The van der Waals surface area contributed by atoms with Crippen LogP contribution in [0.25, 0.3) is 0 Å². The molecule has 0 unspecified atom stereocenters. The zero-order valence-corrected chi connectivity index (χ0v) is 15.5. The van der Waals surface area contributed by atoms with Gasteiger partial charge in [-0.05, 0) is 41.8 Å². The van der Waals surface area contributed by atoms with E-state index in [1.165, 1.54) is 28.8 Å². The molecule has 1 aromatic heterocycles. The fourth-order valence-corrected chi connectivity index (χ4v) is 3.37. The predicted molar refractivity (Wildman–Crippen MR) is 105 cm³/mol. The molecule has 0 saturated heterocycles. The molecule has 27 heavy (non-hydrogen) atoms. The van der Waals surface area contributed by atoms with Crippen molar-refractivity contribution in [1.29, 1.82) is 0 Å². The minimum Gasteiger partial charge on any atom is -0.324 e. The summed E-state index contributed by atoms with van der Waals surface area (Å²) in [7, 11) is 0. The van der Waals surface area contributed by atoms with Crippen molar-refractivity contribution in [3.63, 3.8) is 0 Å². The summed E-state index contributed by atoms with van der Waals surface area (Å²) in [5.41, 5.74) is 5.76. The van der Waals surface area contributed by atoms with E-state index in [9.17, 15) is 4.39 Å². The lowest BCUT2D eigenvalue weighted by atomic mass is 10.1. The molecule has 0 radical (unpaired) electrons. The highest BCUT2D eigenvalue weighted by Gasteiger charge is 2.18. The van der Waals surface area contributed by atoms with E-state index >= 15 is 0 Å². The standard InChI is InChI=1S/C22H23FN4/c1-2-16-3-5-17(6-4-16)14-27-12-11-21-18(15-27)13-24-22(26-21)25-20-9-7-19(23)8-10-20/h3-10,13H,2,11-12,14-15H2,1H3,(H,24,25,26). The fourth-order valence-electron chi connectivity index (χ4n) is 3.37. The Morgan fingerprint density at radius 3 is 2.52 bits per heavy atom. The van der Waals surface area contributed by atoms with E-state index in [4.69, 9.17) is 0 Å². The number of aromatic nitrogens is 2. The van der Waals surface area contributed by atoms with Crippen LogP contribution >= 0.6 is 0 Å². The van der Waals surface area contributed by atoms with E-state index in [0.29, 0.717) is 5.95 Å². The third-order valence-electron chi connectivity index (χ3n) is 4.95. The number of fused-ring (bicyclic) bond motifs is 1. The molecule has 2 heterocycles. The van der Waals surface area contributed by atoms with Crippen LogP contribution in [0.2, 0.25) is 0 Å². The minimum absolute atomic E-state index is 0.253. The molecule has 1 aliphatic rings. The molecule has 2 aromatic carbocycles. The van der Waals surface area contributed by atoms with Crippen molar-refractivity contribution < 1.29 is 4.39 Å². The van der Waals surface area contributed by atoms with Crippen LogP contribution in [-0.4, -0.2) is 21.4 Å². The number of rotatable bonds is 5. The molecule has 0 spiro atoms. The van der Waals surface area contributed by atoms with Crippen LogP contribution in [0.4, 0.5) is 16.0 Å². The maximum atomic E-state index is 13.0. The van der Waals surface area contributed by atoms with Gasteiger partial charge in [-0.25, -0.2) is 14.4 Å². The van der Waals surface area contributed by atoms with Crippen molar-refractivity contribution in [2.75, 3.05) is 11.9 Å². The monoisotopic (exact) mass is 362 g/mol. The first-order valence-corrected chi connectivity index (χ1v) is 9.37. The summed E-state index contributed by atoms with van der Waals surface area (Å²) in [5, 5.41) is 3.14. The molecule has 0 bridgehead atoms. The number of nitrogens with one attached hydrogen (secondary N) is 1. The molecular weight excluding hydrogens is 339 g/mol. The predicted octanol–water partition coefficient (Wildman–Crippen LogP) is 4.48. The van der Waals surface area contributed by atoms with Gasteiger partial charge in [0.25, 0.3) is 0 Å². The SMILES string of the molecule is CCc1ccc(CN2CCc3nc(Nc4ccc(F)cc4)ncc3C2)cc1. The van der Waals surface area contributed by atoms with Gasteiger partial charge >= 0.3 is 0 Å². The number of benzene rings is 2. The summed E-state index contributed by atoms with van der Waals surface area (Å²) >= 11 is 0. The molecule has 1 aliphatic heterocycles. The number of hydrogen-bond donors (Lipinski definition) is 1. The second-order valence-electron chi connectivity index (χ2n) is 6.93. The molecule has 138 valence electrons. The molecule has 0 fully saturated rings. The van der Waals surface area contributed by atoms with Gasteiger partial charge in [0.2, 0.25) is 5.95 Å². The Morgan fingerprint density at radius 2 is 1.78 bits per heavy atom. The zero-order chi connectivity index (χ0) is 18.6. The highest BCUT2D eigenvalue weighted by molar-refractivity contribution is 5.53. The quantitative estimate of drug-likeness (QED) is 0.727. The van der Waals surface area contributed by atoms with E-state index < -0.39 is 0 Å². The van der Waals surface area contributed by atoms with Gasteiger partial charge in [0.15, 0.2) is 0 Å². The first-order chi connectivity index (χ1) is 13.2. The molecular formula is C22H23FN4. The van der Waals surface area contributed by atoms with Crippen molar-refractivity contribution in [2.45, 2.75) is 32.9 Å². The van der Waals surface area contributed by atoms with Crippen molar-refractivity contribution in [2.24, 2.45) is 0 Å². The van der Waals surface area contributed by atoms with Crippen LogP contribution in [0.1, 0.15) is 29.3 Å². The number of hydrogen-bond acceptors (Lipinski definition) is 4. The fraction of sp³-hybridized carbons (Fsp3) is 0.273. The number of anilines is 2. The first kappa shape index (κ1) is 17.6. The van der Waals surface area contributed by atoms with Crippen LogP contribution in [0.5, 0.6) is 0 Å². The normalized spacial score (nSPS) is 14.0. The third-order valence-corrected chi connectivity index (χ3v) is 4.95. The van der Waals surface area contributed by atoms with Gasteiger partial charge in [-0.3, -0.25) is 4.90 Å². The summed E-state index contributed by atoms with van der Waals surface area (Å²) in [6.07, 6.45) is 3.88.